The molecule has 1 N–H and O–H groups in total. The fourth-order valence-electron chi connectivity index (χ4n) is 1.98. The van der Waals surface area contributed by atoms with Gasteiger partial charge in [0.15, 0.2) is 0 Å². The smallest absolute Gasteiger partial charge is 0.224 e. The highest BCUT2D eigenvalue weighted by Crippen LogP contribution is 2.32. The SMILES string of the molecule is Clc1nc(NCCC2CC2)c2ccccc2n1. The molecule has 1 aliphatic carbocycles. The van der Waals surface area contributed by atoms with E-state index in [-0.39, 0.29) is 0 Å². The zero-order chi connectivity index (χ0) is 11.7. The van der Waals surface area contributed by atoms with Crippen molar-refractivity contribution in [3.63, 3.8) is 0 Å². The normalized spacial score (nSPS) is 15.1. The van der Waals surface area contributed by atoms with Gasteiger partial charge in [-0.15, -0.1) is 0 Å². The summed E-state index contributed by atoms with van der Waals surface area (Å²) in [7, 11) is 0. The first kappa shape index (κ1) is 10.8. The third-order valence-electron chi connectivity index (χ3n) is 3.12. The third-order valence-corrected chi connectivity index (χ3v) is 3.29. The van der Waals surface area contributed by atoms with Crippen LogP contribution in [-0.2, 0) is 0 Å². The zero-order valence-electron chi connectivity index (χ0n) is 9.49. The molecule has 1 saturated carbocycles. The maximum Gasteiger partial charge on any atom is 0.224 e. The van der Waals surface area contributed by atoms with Gasteiger partial charge in [0.1, 0.15) is 5.82 Å². The molecule has 0 spiro atoms. The monoisotopic (exact) mass is 247 g/mol. The average Bonchev–Trinajstić information content (AvgIpc) is 3.13. The van der Waals surface area contributed by atoms with Gasteiger partial charge in [0.2, 0.25) is 5.28 Å². The van der Waals surface area contributed by atoms with Crippen LogP contribution < -0.4 is 5.32 Å². The van der Waals surface area contributed by atoms with Gasteiger partial charge >= 0.3 is 0 Å². The van der Waals surface area contributed by atoms with Gasteiger partial charge in [-0.25, -0.2) is 9.97 Å². The third kappa shape index (κ3) is 2.50. The van der Waals surface area contributed by atoms with Gasteiger partial charge in [-0.1, -0.05) is 25.0 Å². The van der Waals surface area contributed by atoms with Crippen LogP contribution in [0.1, 0.15) is 19.3 Å². The van der Waals surface area contributed by atoms with E-state index in [4.69, 9.17) is 11.6 Å². The molecule has 2 aromatic rings. The van der Waals surface area contributed by atoms with Crippen molar-refractivity contribution in [2.45, 2.75) is 19.3 Å². The van der Waals surface area contributed by atoms with E-state index in [2.05, 4.69) is 15.3 Å². The second-order valence-electron chi connectivity index (χ2n) is 4.52. The molecule has 0 bridgehead atoms. The van der Waals surface area contributed by atoms with Gasteiger partial charge < -0.3 is 5.32 Å². The van der Waals surface area contributed by atoms with E-state index in [9.17, 15) is 0 Å². The molecular formula is C13H14ClN3. The van der Waals surface area contributed by atoms with Gasteiger partial charge in [0.25, 0.3) is 0 Å². The topological polar surface area (TPSA) is 37.8 Å². The van der Waals surface area contributed by atoms with E-state index in [1.54, 1.807) is 0 Å². The number of fused-ring (bicyclic) bond motifs is 1. The molecule has 3 rings (SSSR count). The minimum Gasteiger partial charge on any atom is -0.369 e. The van der Waals surface area contributed by atoms with Crippen LogP contribution >= 0.6 is 11.6 Å². The Bertz CT molecular complexity index is 537. The summed E-state index contributed by atoms with van der Waals surface area (Å²) in [5, 5.41) is 4.70. The van der Waals surface area contributed by atoms with Crippen molar-refractivity contribution in [1.29, 1.82) is 0 Å². The molecule has 1 aliphatic rings. The molecule has 0 radical (unpaired) electrons. The molecule has 0 amide bonds. The van der Waals surface area contributed by atoms with E-state index in [0.717, 1.165) is 29.2 Å². The molecule has 1 heterocycles. The summed E-state index contributed by atoms with van der Waals surface area (Å²) in [5.41, 5.74) is 0.890. The number of benzene rings is 1. The number of rotatable bonds is 4. The Labute approximate surface area is 105 Å². The highest BCUT2D eigenvalue weighted by molar-refractivity contribution is 6.28. The summed E-state index contributed by atoms with van der Waals surface area (Å²) in [4.78, 5) is 8.47. The summed E-state index contributed by atoms with van der Waals surface area (Å²) in [5.74, 6) is 1.77. The summed E-state index contributed by atoms with van der Waals surface area (Å²) in [6, 6.07) is 7.92. The highest BCUT2D eigenvalue weighted by Gasteiger charge is 2.20. The van der Waals surface area contributed by atoms with Crippen molar-refractivity contribution in [2.75, 3.05) is 11.9 Å². The van der Waals surface area contributed by atoms with Crippen molar-refractivity contribution in [3.05, 3.63) is 29.5 Å². The molecule has 0 aliphatic heterocycles. The first-order chi connectivity index (χ1) is 8.33. The minimum absolute atomic E-state index is 0.303. The average molecular weight is 248 g/mol. The molecule has 1 fully saturated rings. The highest BCUT2D eigenvalue weighted by atomic mass is 35.5. The number of anilines is 1. The van der Waals surface area contributed by atoms with Gasteiger partial charge in [-0.05, 0) is 36.1 Å². The summed E-state index contributed by atoms with van der Waals surface area (Å²) >= 11 is 5.92. The second kappa shape index (κ2) is 4.49. The summed E-state index contributed by atoms with van der Waals surface area (Å²) in [6.45, 7) is 0.960. The predicted molar refractivity (Wildman–Crippen MR) is 70.4 cm³/mol. The quantitative estimate of drug-likeness (QED) is 0.841. The Balaban J connectivity index is 1.85. The fourth-order valence-corrected chi connectivity index (χ4v) is 2.16. The first-order valence-corrected chi connectivity index (χ1v) is 6.37. The van der Waals surface area contributed by atoms with Crippen LogP contribution in [0.5, 0.6) is 0 Å². The van der Waals surface area contributed by atoms with Crippen LogP contribution in [0.3, 0.4) is 0 Å². The number of halogens is 1. The molecule has 0 unspecified atom stereocenters. The zero-order valence-corrected chi connectivity index (χ0v) is 10.2. The van der Waals surface area contributed by atoms with Crippen molar-refractivity contribution < 1.29 is 0 Å². The van der Waals surface area contributed by atoms with E-state index < -0.39 is 0 Å². The maximum absolute atomic E-state index is 5.92. The molecule has 0 saturated heterocycles. The molecular weight excluding hydrogens is 234 g/mol. The van der Waals surface area contributed by atoms with Crippen molar-refractivity contribution >= 4 is 28.3 Å². The van der Waals surface area contributed by atoms with Gasteiger partial charge in [0, 0.05) is 11.9 Å². The van der Waals surface area contributed by atoms with E-state index >= 15 is 0 Å². The number of para-hydroxylation sites is 1. The number of aromatic nitrogens is 2. The van der Waals surface area contributed by atoms with Crippen molar-refractivity contribution in [1.82, 2.24) is 9.97 Å². The van der Waals surface area contributed by atoms with E-state index in [1.807, 2.05) is 24.3 Å². The van der Waals surface area contributed by atoms with Crippen LogP contribution in [0.25, 0.3) is 10.9 Å². The van der Waals surface area contributed by atoms with Crippen molar-refractivity contribution in [2.24, 2.45) is 5.92 Å². The van der Waals surface area contributed by atoms with Crippen LogP contribution in [-0.4, -0.2) is 16.5 Å². The molecule has 88 valence electrons. The predicted octanol–water partition coefficient (Wildman–Crippen LogP) is 3.50. The summed E-state index contributed by atoms with van der Waals surface area (Å²) < 4.78 is 0. The lowest BCUT2D eigenvalue weighted by Crippen LogP contribution is -2.05. The second-order valence-corrected chi connectivity index (χ2v) is 4.86. The molecule has 1 aromatic carbocycles. The van der Waals surface area contributed by atoms with Gasteiger partial charge in [-0.3, -0.25) is 0 Å². The van der Waals surface area contributed by atoms with Crippen molar-refractivity contribution in [3.8, 4) is 0 Å². The van der Waals surface area contributed by atoms with Gasteiger partial charge in [0.05, 0.1) is 5.52 Å². The fraction of sp³-hybridized carbons (Fsp3) is 0.385. The van der Waals surface area contributed by atoms with Gasteiger partial charge in [-0.2, -0.15) is 0 Å². The number of nitrogens with one attached hydrogen (secondary N) is 1. The lowest BCUT2D eigenvalue weighted by atomic mass is 10.2. The summed E-state index contributed by atoms with van der Waals surface area (Å²) in [6.07, 6.45) is 3.98. The molecule has 0 atom stereocenters. The number of hydrogen-bond donors (Lipinski definition) is 1. The Hall–Kier alpha value is -1.35. The Morgan fingerprint density at radius 2 is 2.06 bits per heavy atom. The largest absolute Gasteiger partial charge is 0.369 e. The lowest BCUT2D eigenvalue weighted by Gasteiger charge is -2.08. The van der Waals surface area contributed by atoms with Crippen LogP contribution in [0.2, 0.25) is 5.28 Å². The van der Waals surface area contributed by atoms with E-state index in [0.29, 0.717) is 5.28 Å². The maximum atomic E-state index is 5.92. The number of nitrogens with zero attached hydrogens (tertiary/aromatic N) is 2. The molecule has 17 heavy (non-hydrogen) atoms. The minimum atomic E-state index is 0.303. The van der Waals surface area contributed by atoms with E-state index in [1.165, 1.54) is 19.3 Å². The Kier molecular flexibility index (Phi) is 2.85. The van der Waals surface area contributed by atoms with Crippen LogP contribution in [0.15, 0.2) is 24.3 Å². The lowest BCUT2D eigenvalue weighted by molar-refractivity contribution is 0.759. The number of hydrogen-bond acceptors (Lipinski definition) is 3. The molecule has 4 heteroatoms. The molecule has 1 aromatic heterocycles. The Morgan fingerprint density at radius 1 is 1.24 bits per heavy atom. The van der Waals surface area contributed by atoms with Crippen LogP contribution in [0, 0.1) is 5.92 Å². The standard InChI is InChI=1S/C13H14ClN3/c14-13-16-11-4-2-1-3-10(11)12(17-13)15-8-7-9-5-6-9/h1-4,9H,5-8H2,(H,15,16,17). The molecule has 3 nitrogen and oxygen atoms in total. The first-order valence-electron chi connectivity index (χ1n) is 5.99. The van der Waals surface area contributed by atoms with Crippen LogP contribution in [0.4, 0.5) is 5.82 Å². The Morgan fingerprint density at radius 3 is 2.88 bits per heavy atom.